The van der Waals surface area contributed by atoms with Gasteiger partial charge in [-0.05, 0) is 13.8 Å². The molecule has 0 aliphatic carbocycles. The second kappa shape index (κ2) is 5.69. The Morgan fingerprint density at radius 3 is 2.30 bits per heavy atom. The highest BCUT2D eigenvalue weighted by Crippen LogP contribution is 1.86. The fourth-order valence-corrected chi connectivity index (χ4v) is 0.912. The Morgan fingerprint density at radius 1 is 1.30 bits per heavy atom. The predicted molar refractivity (Wildman–Crippen MR) is 44.2 cm³/mol. The Balaban J connectivity index is 3.16. The number of rotatable bonds is 5. The van der Waals surface area contributed by atoms with Gasteiger partial charge in [0.05, 0.1) is 6.61 Å². The molecule has 0 aliphatic rings. The minimum Gasteiger partial charge on any atom is -0.380 e. The van der Waals surface area contributed by atoms with Gasteiger partial charge in [0.2, 0.25) is 0 Å². The smallest absolute Gasteiger partial charge is 0.0616 e. The van der Waals surface area contributed by atoms with Gasteiger partial charge in [0.25, 0.3) is 0 Å². The van der Waals surface area contributed by atoms with Crippen LogP contribution in [0.1, 0.15) is 27.7 Å². The molecule has 0 saturated carbocycles. The van der Waals surface area contributed by atoms with Crippen molar-refractivity contribution in [2.45, 2.75) is 39.8 Å². The summed E-state index contributed by atoms with van der Waals surface area (Å²) in [7, 11) is 0. The maximum atomic E-state index is 5.23. The summed E-state index contributed by atoms with van der Waals surface area (Å²) in [6.07, 6.45) is 0. The van der Waals surface area contributed by atoms with Crippen LogP contribution in [0.15, 0.2) is 0 Å². The number of ether oxygens (including phenoxy) is 1. The van der Waals surface area contributed by atoms with Gasteiger partial charge in [0.1, 0.15) is 0 Å². The zero-order valence-corrected chi connectivity index (χ0v) is 7.48. The third-order valence-electron chi connectivity index (χ3n) is 1.19. The van der Waals surface area contributed by atoms with Gasteiger partial charge in [-0.25, -0.2) is 0 Å². The molecule has 1 atom stereocenters. The number of nitrogens with one attached hydrogen (secondary N) is 1. The lowest BCUT2D eigenvalue weighted by Gasteiger charge is -2.15. The first-order valence-corrected chi connectivity index (χ1v) is 4.00. The molecular weight excluding hydrogens is 126 g/mol. The van der Waals surface area contributed by atoms with Gasteiger partial charge in [-0.3, -0.25) is 0 Å². The molecule has 0 spiro atoms. The van der Waals surface area contributed by atoms with Crippen LogP contribution in [-0.2, 0) is 4.74 Å². The third kappa shape index (κ3) is 6.05. The molecule has 0 aromatic carbocycles. The van der Waals surface area contributed by atoms with E-state index in [0.717, 1.165) is 13.2 Å². The highest BCUT2D eigenvalue weighted by atomic mass is 16.5. The Hall–Kier alpha value is -0.0800. The maximum absolute atomic E-state index is 5.23. The Labute approximate surface area is 64.0 Å². The topological polar surface area (TPSA) is 21.3 Å². The molecule has 1 N–H and O–H groups in total. The van der Waals surface area contributed by atoms with Crippen molar-refractivity contribution < 1.29 is 4.74 Å². The van der Waals surface area contributed by atoms with Gasteiger partial charge < -0.3 is 10.1 Å². The van der Waals surface area contributed by atoms with Gasteiger partial charge in [0.15, 0.2) is 0 Å². The van der Waals surface area contributed by atoms with Crippen molar-refractivity contribution in [3.63, 3.8) is 0 Å². The average Bonchev–Trinajstić information content (AvgIpc) is 1.82. The predicted octanol–water partition coefficient (Wildman–Crippen LogP) is 1.41. The van der Waals surface area contributed by atoms with Crippen LogP contribution in [0.3, 0.4) is 0 Å². The van der Waals surface area contributed by atoms with E-state index >= 15 is 0 Å². The molecule has 0 heterocycles. The molecule has 2 nitrogen and oxygen atoms in total. The third-order valence-corrected chi connectivity index (χ3v) is 1.19. The van der Waals surface area contributed by atoms with Gasteiger partial charge in [-0.1, -0.05) is 13.8 Å². The van der Waals surface area contributed by atoms with E-state index in [-0.39, 0.29) is 0 Å². The monoisotopic (exact) mass is 145 g/mol. The summed E-state index contributed by atoms with van der Waals surface area (Å²) in [5.74, 6) is 0. The highest BCUT2D eigenvalue weighted by Gasteiger charge is 2.01. The Kier molecular flexibility index (Phi) is 5.64. The van der Waals surface area contributed by atoms with Crippen LogP contribution in [0.4, 0.5) is 0 Å². The van der Waals surface area contributed by atoms with Crippen molar-refractivity contribution >= 4 is 0 Å². The summed E-state index contributed by atoms with van der Waals surface area (Å²) in [4.78, 5) is 0. The lowest BCUT2D eigenvalue weighted by atomic mass is 10.3. The van der Waals surface area contributed by atoms with Gasteiger partial charge >= 0.3 is 0 Å². The molecule has 0 radical (unpaired) electrons. The fraction of sp³-hybridized carbons (Fsp3) is 1.00. The van der Waals surface area contributed by atoms with Crippen LogP contribution >= 0.6 is 0 Å². The van der Waals surface area contributed by atoms with Crippen molar-refractivity contribution in [2.75, 3.05) is 13.2 Å². The summed E-state index contributed by atoms with van der Waals surface area (Å²) in [5, 5.41) is 3.35. The van der Waals surface area contributed by atoms with Crippen molar-refractivity contribution in [1.29, 1.82) is 0 Å². The minimum atomic E-state index is 0.472. The molecule has 0 rings (SSSR count). The first-order valence-electron chi connectivity index (χ1n) is 4.00. The summed E-state index contributed by atoms with van der Waals surface area (Å²) >= 11 is 0. The summed E-state index contributed by atoms with van der Waals surface area (Å²) in [5.41, 5.74) is 0. The van der Waals surface area contributed by atoms with E-state index < -0.39 is 0 Å². The number of hydrogen-bond acceptors (Lipinski definition) is 2. The molecule has 0 aliphatic heterocycles. The lowest BCUT2D eigenvalue weighted by Crippen LogP contribution is -2.35. The highest BCUT2D eigenvalue weighted by molar-refractivity contribution is 4.61. The summed E-state index contributed by atoms with van der Waals surface area (Å²) in [6.45, 7) is 10.1. The van der Waals surface area contributed by atoms with Crippen molar-refractivity contribution in [3.05, 3.63) is 0 Å². The molecule has 0 saturated heterocycles. The molecule has 10 heavy (non-hydrogen) atoms. The summed E-state index contributed by atoms with van der Waals surface area (Å²) < 4.78 is 5.23. The van der Waals surface area contributed by atoms with Crippen LogP contribution in [-0.4, -0.2) is 25.3 Å². The normalized spacial score (nSPS) is 14.1. The van der Waals surface area contributed by atoms with E-state index in [9.17, 15) is 0 Å². The summed E-state index contributed by atoms with van der Waals surface area (Å²) in [6, 6.07) is 1.02. The van der Waals surface area contributed by atoms with E-state index in [1.54, 1.807) is 0 Å². The second-order valence-corrected chi connectivity index (χ2v) is 2.88. The largest absolute Gasteiger partial charge is 0.380 e. The molecule has 0 fully saturated rings. The first-order chi connectivity index (χ1) is 4.66. The van der Waals surface area contributed by atoms with E-state index in [1.807, 2.05) is 6.92 Å². The molecule has 0 unspecified atom stereocenters. The van der Waals surface area contributed by atoms with Gasteiger partial charge in [-0.15, -0.1) is 0 Å². The molecule has 0 aromatic rings. The van der Waals surface area contributed by atoms with Crippen LogP contribution in [0.25, 0.3) is 0 Å². The molecule has 62 valence electrons. The maximum Gasteiger partial charge on any atom is 0.0616 e. The first kappa shape index (κ1) is 9.92. The Morgan fingerprint density at radius 2 is 1.90 bits per heavy atom. The van der Waals surface area contributed by atoms with Crippen LogP contribution < -0.4 is 5.32 Å². The quantitative estimate of drug-likeness (QED) is 0.631. The average molecular weight is 145 g/mol. The fourth-order valence-electron chi connectivity index (χ4n) is 0.912. The zero-order chi connectivity index (χ0) is 7.98. The van der Waals surface area contributed by atoms with E-state index in [4.69, 9.17) is 4.74 Å². The second-order valence-electron chi connectivity index (χ2n) is 2.88. The minimum absolute atomic E-state index is 0.472. The zero-order valence-electron chi connectivity index (χ0n) is 7.48. The van der Waals surface area contributed by atoms with Crippen LogP contribution in [0, 0.1) is 0 Å². The standard InChI is InChI=1S/C8H19NO/c1-5-10-6-8(4)9-7(2)3/h7-9H,5-6H2,1-4H3/t8-/m0/s1. The lowest BCUT2D eigenvalue weighted by molar-refractivity contribution is 0.125. The van der Waals surface area contributed by atoms with E-state index in [0.29, 0.717) is 12.1 Å². The van der Waals surface area contributed by atoms with Crippen LogP contribution in [0.5, 0.6) is 0 Å². The SMILES string of the molecule is CCOC[C@H](C)NC(C)C. The Bertz CT molecular complexity index is 73.7. The van der Waals surface area contributed by atoms with Crippen molar-refractivity contribution in [1.82, 2.24) is 5.32 Å². The molecule has 0 bridgehead atoms. The van der Waals surface area contributed by atoms with Crippen LogP contribution in [0.2, 0.25) is 0 Å². The molecule has 0 aromatic heterocycles. The number of hydrogen-bond donors (Lipinski definition) is 1. The van der Waals surface area contributed by atoms with Crippen molar-refractivity contribution in [2.24, 2.45) is 0 Å². The van der Waals surface area contributed by atoms with E-state index in [1.165, 1.54) is 0 Å². The van der Waals surface area contributed by atoms with Gasteiger partial charge in [0, 0.05) is 18.7 Å². The van der Waals surface area contributed by atoms with E-state index in [2.05, 4.69) is 26.1 Å². The molecule has 2 heteroatoms. The van der Waals surface area contributed by atoms with Gasteiger partial charge in [-0.2, -0.15) is 0 Å². The molecule has 0 amide bonds. The molecular formula is C8H19NO. The van der Waals surface area contributed by atoms with Crippen molar-refractivity contribution in [3.8, 4) is 0 Å².